The summed E-state index contributed by atoms with van der Waals surface area (Å²) in [6, 6.07) is 5.50. The lowest BCUT2D eigenvalue weighted by Crippen LogP contribution is -2.39. The summed E-state index contributed by atoms with van der Waals surface area (Å²) >= 11 is 0. The summed E-state index contributed by atoms with van der Waals surface area (Å²) < 4.78 is 0. The molecule has 0 N–H and O–H groups in total. The minimum atomic E-state index is -0.0866. The van der Waals surface area contributed by atoms with Crippen molar-refractivity contribution in [2.24, 2.45) is 17.0 Å². The van der Waals surface area contributed by atoms with Gasteiger partial charge in [0.1, 0.15) is 5.69 Å². The van der Waals surface area contributed by atoms with Crippen LogP contribution in [0.25, 0.3) is 0 Å². The van der Waals surface area contributed by atoms with Gasteiger partial charge in [-0.2, -0.15) is 0 Å². The van der Waals surface area contributed by atoms with Crippen LogP contribution < -0.4 is 4.90 Å². The van der Waals surface area contributed by atoms with Gasteiger partial charge in [0.15, 0.2) is 0 Å². The van der Waals surface area contributed by atoms with Crippen molar-refractivity contribution < 1.29 is 9.59 Å². The largest absolute Gasteiger partial charge is 0.370 e. The lowest BCUT2D eigenvalue weighted by atomic mass is 9.81. The van der Waals surface area contributed by atoms with Gasteiger partial charge in [0.25, 0.3) is 0 Å². The second-order valence-corrected chi connectivity index (χ2v) is 6.97. The van der Waals surface area contributed by atoms with E-state index >= 15 is 0 Å². The van der Waals surface area contributed by atoms with E-state index in [0.717, 1.165) is 43.5 Å². The average Bonchev–Trinajstić information content (AvgIpc) is 2.87. The fourth-order valence-electron chi connectivity index (χ4n) is 4.08. The molecular formula is C19H25N3O3. The van der Waals surface area contributed by atoms with Crippen molar-refractivity contribution in [2.45, 2.75) is 39.5 Å². The first-order valence-electron chi connectivity index (χ1n) is 9.11. The van der Waals surface area contributed by atoms with Gasteiger partial charge in [0, 0.05) is 25.3 Å². The number of nitrogens with zero attached hydrogens (tertiary/aromatic N) is 3. The highest BCUT2D eigenvalue weighted by atomic mass is 16.3. The fourth-order valence-corrected chi connectivity index (χ4v) is 4.08. The second-order valence-electron chi connectivity index (χ2n) is 6.97. The Morgan fingerprint density at radius 3 is 2.32 bits per heavy atom. The number of rotatable bonds is 6. The maximum absolute atomic E-state index is 12.6. The molecule has 0 bridgehead atoms. The van der Waals surface area contributed by atoms with Crippen molar-refractivity contribution in [2.75, 3.05) is 24.5 Å². The van der Waals surface area contributed by atoms with Crippen LogP contribution in [0.5, 0.6) is 0 Å². The number of likely N-dealkylation sites (N-methyl/N-ethyl adjacent to an activating group) is 1. The van der Waals surface area contributed by atoms with Crippen LogP contribution >= 0.6 is 0 Å². The van der Waals surface area contributed by atoms with Gasteiger partial charge >= 0.3 is 0 Å². The number of nitroso groups, excluding NO2 is 1. The molecule has 1 saturated carbocycles. The monoisotopic (exact) mass is 343 g/mol. The predicted octanol–water partition coefficient (Wildman–Crippen LogP) is 3.39. The third kappa shape index (κ3) is 3.30. The number of carbonyl (C=O) groups excluding carboxylic acids is 2. The first-order chi connectivity index (χ1) is 12.1. The Balaban J connectivity index is 1.68. The van der Waals surface area contributed by atoms with Gasteiger partial charge < -0.3 is 4.90 Å². The SMILES string of the molecule is CCN(CCN1C(=O)[C@H]2CCCC[C@H]2C1=O)c1ccc(N=O)c(C)c1. The number of aryl methyl sites for hydroxylation is 1. The normalized spacial score (nSPS) is 22.9. The van der Waals surface area contributed by atoms with Gasteiger partial charge in [-0.15, -0.1) is 4.91 Å². The predicted molar refractivity (Wildman–Crippen MR) is 96.7 cm³/mol. The molecule has 3 rings (SSSR count). The zero-order valence-electron chi connectivity index (χ0n) is 14.9. The van der Waals surface area contributed by atoms with E-state index in [1.165, 1.54) is 4.90 Å². The van der Waals surface area contributed by atoms with Crippen LogP contribution in [0, 0.1) is 23.7 Å². The molecule has 1 aliphatic heterocycles. The van der Waals surface area contributed by atoms with E-state index in [-0.39, 0.29) is 23.7 Å². The van der Waals surface area contributed by atoms with Gasteiger partial charge in [-0.25, -0.2) is 0 Å². The molecule has 6 heteroatoms. The number of fused-ring (bicyclic) bond motifs is 1. The van der Waals surface area contributed by atoms with Gasteiger partial charge in [0.05, 0.1) is 11.8 Å². The van der Waals surface area contributed by atoms with Crippen molar-refractivity contribution in [1.29, 1.82) is 0 Å². The summed E-state index contributed by atoms with van der Waals surface area (Å²) in [6.45, 7) is 5.67. The van der Waals surface area contributed by atoms with Crippen molar-refractivity contribution in [3.63, 3.8) is 0 Å². The second kappa shape index (κ2) is 7.33. The zero-order valence-corrected chi connectivity index (χ0v) is 14.9. The minimum Gasteiger partial charge on any atom is -0.370 e. The Morgan fingerprint density at radius 2 is 1.80 bits per heavy atom. The molecule has 1 aromatic rings. The number of likely N-dealkylation sites (tertiary alicyclic amines) is 1. The highest BCUT2D eigenvalue weighted by Gasteiger charge is 2.47. The number of anilines is 1. The van der Waals surface area contributed by atoms with Crippen LogP contribution in [0.4, 0.5) is 11.4 Å². The smallest absolute Gasteiger partial charge is 0.233 e. The Bertz CT molecular complexity index is 664. The maximum Gasteiger partial charge on any atom is 0.233 e. The van der Waals surface area contributed by atoms with Crippen LogP contribution in [0.15, 0.2) is 23.4 Å². The molecule has 0 spiro atoms. The molecule has 25 heavy (non-hydrogen) atoms. The molecule has 2 atom stereocenters. The number of amides is 2. The third-order valence-electron chi connectivity index (χ3n) is 5.55. The van der Waals surface area contributed by atoms with Crippen LogP contribution in [-0.2, 0) is 9.59 Å². The number of benzene rings is 1. The zero-order chi connectivity index (χ0) is 18.0. The van der Waals surface area contributed by atoms with E-state index in [1.54, 1.807) is 6.07 Å². The molecule has 0 aromatic heterocycles. The van der Waals surface area contributed by atoms with Crippen LogP contribution in [0.1, 0.15) is 38.2 Å². The highest BCUT2D eigenvalue weighted by molar-refractivity contribution is 6.05. The molecule has 0 radical (unpaired) electrons. The van der Waals surface area contributed by atoms with E-state index in [4.69, 9.17) is 0 Å². The molecule has 2 fully saturated rings. The number of imide groups is 1. The molecule has 1 heterocycles. The fraction of sp³-hybridized carbons (Fsp3) is 0.579. The summed E-state index contributed by atoms with van der Waals surface area (Å²) in [6.07, 6.45) is 3.79. The summed E-state index contributed by atoms with van der Waals surface area (Å²) in [4.78, 5) is 39.4. The van der Waals surface area contributed by atoms with E-state index in [1.807, 2.05) is 26.0 Å². The summed E-state index contributed by atoms with van der Waals surface area (Å²) in [7, 11) is 0. The number of hydrogen-bond acceptors (Lipinski definition) is 5. The molecule has 2 aliphatic rings. The van der Waals surface area contributed by atoms with Gasteiger partial charge in [-0.05, 0) is 55.6 Å². The molecule has 134 valence electrons. The van der Waals surface area contributed by atoms with E-state index in [9.17, 15) is 14.5 Å². The van der Waals surface area contributed by atoms with Crippen molar-refractivity contribution in [3.05, 3.63) is 28.7 Å². The van der Waals surface area contributed by atoms with Crippen molar-refractivity contribution in [1.82, 2.24) is 4.90 Å². The molecule has 1 aliphatic carbocycles. The van der Waals surface area contributed by atoms with Gasteiger partial charge in [-0.3, -0.25) is 14.5 Å². The van der Waals surface area contributed by atoms with E-state index in [0.29, 0.717) is 18.8 Å². The quantitative estimate of drug-likeness (QED) is 0.586. The number of hydrogen-bond donors (Lipinski definition) is 0. The first kappa shape index (κ1) is 17.6. The maximum atomic E-state index is 12.6. The highest BCUT2D eigenvalue weighted by Crippen LogP contribution is 2.38. The van der Waals surface area contributed by atoms with Crippen LogP contribution in [0.2, 0.25) is 0 Å². The van der Waals surface area contributed by atoms with Crippen molar-refractivity contribution in [3.8, 4) is 0 Å². The molecule has 6 nitrogen and oxygen atoms in total. The van der Waals surface area contributed by atoms with Gasteiger partial charge in [0.2, 0.25) is 11.8 Å². The Labute approximate surface area is 148 Å². The molecule has 1 aromatic carbocycles. The standard InChI is InChI=1S/C19H25N3O3/c1-3-21(14-8-9-17(20-25)13(2)12-14)10-11-22-18(23)15-6-4-5-7-16(15)19(22)24/h8-9,12,15-16H,3-7,10-11H2,1-2H3/t15-,16+. The molecule has 1 saturated heterocycles. The lowest BCUT2D eigenvalue weighted by Gasteiger charge is -2.26. The Morgan fingerprint density at radius 1 is 1.16 bits per heavy atom. The lowest BCUT2D eigenvalue weighted by molar-refractivity contribution is -0.139. The van der Waals surface area contributed by atoms with Crippen LogP contribution in [0.3, 0.4) is 0 Å². The molecular weight excluding hydrogens is 318 g/mol. The molecule has 0 unspecified atom stereocenters. The minimum absolute atomic E-state index is 0.0161. The summed E-state index contributed by atoms with van der Waals surface area (Å²) in [5, 5.41) is 3.00. The Hall–Kier alpha value is -2.24. The van der Waals surface area contributed by atoms with E-state index in [2.05, 4.69) is 10.1 Å². The third-order valence-corrected chi connectivity index (χ3v) is 5.55. The van der Waals surface area contributed by atoms with E-state index < -0.39 is 0 Å². The van der Waals surface area contributed by atoms with Gasteiger partial charge in [-0.1, -0.05) is 12.8 Å². The first-order valence-corrected chi connectivity index (χ1v) is 9.11. The van der Waals surface area contributed by atoms with Crippen LogP contribution in [-0.4, -0.2) is 36.3 Å². The topological polar surface area (TPSA) is 70.1 Å². The summed E-state index contributed by atoms with van der Waals surface area (Å²) in [5.74, 6) is -0.141. The summed E-state index contributed by atoms with van der Waals surface area (Å²) in [5.41, 5.74) is 2.24. The van der Waals surface area contributed by atoms with Crippen molar-refractivity contribution >= 4 is 23.2 Å². The number of carbonyl (C=O) groups is 2. The Kier molecular flexibility index (Phi) is 5.16. The average molecular weight is 343 g/mol. The molecule has 2 amide bonds.